The first-order chi connectivity index (χ1) is 24.5. The molecule has 6 aliphatic rings. The lowest BCUT2D eigenvalue weighted by Crippen LogP contribution is -2.69. The van der Waals surface area contributed by atoms with Gasteiger partial charge in [-0.25, -0.2) is 18.0 Å². The van der Waals surface area contributed by atoms with Crippen LogP contribution < -0.4 is 16.0 Å². The molecule has 0 bridgehead atoms. The Labute approximate surface area is 312 Å². The van der Waals surface area contributed by atoms with Crippen molar-refractivity contribution in [1.29, 1.82) is 0 Å². The second-order valence-electron chi connectivity index (χ2n) is 18.8. The molecule has 1 aliphatic heterocycles. The van der Waals surface area contributed by atoms with Crippen molar-refractivity contribution in [2.24, 2.45) is 45.3 Å². The van der Waals surface area contributed by atoms with Gasteiger partial charge >= 0.3 is 12.0 Å². The molecule has 288 valence electrons. The van der Waals surface area contributed by atoms with Crippen molar-refractivity contribution in [3.63, 3.8) is 0 Å². The minimum absolute atomic E-state index is 0.00295. The number of allylic oxidation sites excluding steroid dienone is 2. The van der Waals surface area contributed by atoms with Crippen molar-refractivity contribution in [3.05, 3.63) is 41.5 Å². The lowest BCUT2D eigenvalue weighted by atomic mass is 9.33. The lowest BCUT2D eigenvalue weighted by molar-refractivity contribution is -0.218. The van der Waals surface area contributed by atoms with Crippen LogP contribution in [0.2, 0.25) is 0 Å². The highest BCUT2D eigenvalue weighted by Gasteiger charge is 2.70. The highest BCUT2D eigenvalue weighted by atomic mass is 32.2. The number of ether oxygens (including phenoxy) is 1. The van der Waals surface area contributed by atoms with Crippen LogP contribution in [0.15, 0.2) is 30.3 Å². The van der Waals surface area contributed by atoms with E-state index in [1.807, 2.05) is 12.1 Å². The zero-order valence-corrected chi connectivity index (χ0v) is 33.6. The maximum atomic E-state index is 12.9. The number of carbonyl (C=O) groups excluding carboxylic acids is 2. The summed E-state index contributed by atoms with van der Waals surface area (Å²) in [6, 6.07) is 8.06. The van der Waals surface area contributed by atoms with Crippen LogP contribution in [0.1, 0.15) is 108 Å². The van der Waals surface area contributed by atoms with Gasteiger partial charge in [-0.2, -0.15) is 0 Å². The number of nitrogens with one attached hydrogen (secondary N) is 3. The average molecular weight is 737 g/mol. The Hall–Kier alpha value is -2.43. The molecule has 1 heterocycles. The zero-order chi connectivity index (χ0) is 37.3. The molecule has 5 fully saturated rings. The maximum absolute atomic E-state index is 12.9. The molecule has 9 atom stereocenters. The third-order valence-electron chi connectivity index (χ3n) is 16.5. The summed E-state index contributed by atoms with van der Waals surface area (Å²) in [6.07, 6.45) is 12.8. The number of amides is 2. The number of fused-ring (bicyclic) bond motifs is 7. The summed E-state index contributed by atoms with van der Waals surface area (Å²) < 4.78 is 29.1. The second kappa shape index (κ2) is 13.4. The number of hydrogen-bond donors (Lipinski definition) is 3. The summed E-state index contributed by atoms with van der Waals surface area (Å²) in [5.41, 5.74) is 3.72. The number of carbonyl (C=O) groups is 2. The van der Waals surface area contributed by atoms with E-state index < -0.39 is 9.84 Å². The molecule has 7 rings (SSSR count). The number of esters is 1. The molecule has 1 aromatic carbocycles. The summed E-state index contributed by atoms with van der Waals surface area (Å²) >= 11 is 0. The van der Waals surface area contributed by atoms with Crippen molar-refractivity contribution in [2.45, 2.75) is 104 Å². The largest absolute Gasteiger partial charge is 0.465 e. The fourth-order valence-corrected chi connectivity index (χ4v) is 15.0. The predicted molar refractivity (Wildman–Crippen MR) is 207 cm³/mol. The van der Waals surface area contributed by atoms with Gasteiger partial charge in [0, 0.05) is 50.7 Å². The molecule has 5 aliphatic carbocycles. The molecule has 3 N–H and O–H groups in total. The maximum Gasteiger partial charge on any atom is 0.337 e. The molecule has 1 aromatic rings. The minimum atomic E-state index is -2.90. The van der Waals surface area contributed by atoms with Crippen LogP contribution in [0.5, 0.6) is 0 Å². The number of rotatable bonds is 7. The van der Waals surface area contributed by atoms with E-state index in [-0.39, 0.29) is 56.7 Å². The summed E-state index contributed by atoms with van der Waals surface area (Å²) in [7, 11) is 0.248. The lowest BCUT2D eigenvalue weighted by Gasteiger charge is -2.72. The Kier molecular flexibility index (Phi) is 9.76. The monoisotopic (exact) mass is 736 g/mol. The smallest absolute Gasteiger partial charge is 0.337 e. The molecule has 0 radical (unpaired) electrons. The zero-order valence-electron chi connectivity index (χ0n) is 32.8. The van der Waals surface area contributed by atoms with Gasteiger partial charge in [-0.3, -0.25) is 0 Å². The van der Waals surface area contributed by atoms with Gasteiger partial charge < -0.3 is 25.6 Å². The molecule has 2 amide bonds. The number of benzene rings is 1. The molecule has 52 heavy (non-hydrogen) atoms. The van der Waals surface area contributed by atoms with Gasteiger partial charge in [0.2, 0.25) is 0 Å². The number of sulfone groups is 1. The first-order valence-electron chi connectivity index (χ1n) is 20.1. The Morgan fingerprint density at radius 3 is 2.27 bits per heavy atom. The number of urea groups is 1. The van der Waals surface area contributed by atoms with E-state index in [0.717, 1.165) is 38.8 Å². The molecular weight excluding hydrogens is 673 g/mol. The summed E-state index contributed by atoms with van der Waals surface area (Å²) in [5, 5.41) is 10.4. The SMILES string of the molecule is CNC(=O)NC1CCC2(NCCN3CCS(=O)(=O)CC3)CCC3(C)C(CCC4C5(C)CC=C(c6ccc(C(=O)OC)cc6)C(C)(C)C5CCC43C)C12. The van der Waals surface area contributed by atoms with E-state index in [2.05, 4.69) is 73.7 Å². The van der Waals surface area contributed by atoms with Gasteiger partial charge in [-0.1, -0.05) is 52.8 Å². The Morgan fingerprint density at radius 2 is 1.60 bits per heavy atom. The normalized spacial score (nSPS) is 40.6. The van der Waals surface area contributed by atoms with Crippen LogP contribution in [0.3, 0.4) is 0 Å². The number of nitrogens with zero attached hydrogens (tertiary/aromatic N) is 1. The van der Waals surface area contributed by atoms with Crippen molar-refractivity contribution >= 4 is 27.4 Å². The number of methoxy groups -OCH3 is 1. The topological polar surface area (TPSA) is 117 Å². The van der Waals surface area contributed by atoms with Crippen LogP contribution in [0, 0.1) is 45.3 Å². The van der Waals surface area contributed by atoms with E-state index in [9.17, 15) is 18.0 Å². The molecule has 9 unspecified atom stereocenters. The molecule has 10 heteroatoms. The van der Waals surface area contributed by atoms with Crippen LogP contribution in [0.25, 0.3) is 5.57 Å². The molecule has 4 saturated carbocycles. The van der Waals surface area contributed by atoms with Gasteiger partial charge in [-0.05, 0) is 120 Å². The number of hydrogen-bond acceptors (Lipinski definition) is 7. The van der Waals surface area contributed by atoms with E-state index in [0.29, 0.717) is 42.3 Å². The van der Waals surface area contributed by atoms with Gasteiger partial charge in [0.05, 0.1) is 24.2 Å². The first kappa shape index (κ1) is 37.9. The van der Waals surface area contributed by atoms with Crippen LogP contribution in [-0.2, 0) is 14.6 Å². The molecule has 1 saturated heterocycles. The van der Waals surface area contributed by atoms with Crippen molar-refractivity contribution in [1.82, 2.24) is 20.9 Å². The Morgan fingerprint density at radius 1 is 0.885 bits per heavy atom. The van der Waals surface area contributed by atoms with Gasteiger partial charge in [0.1, 0.15) is 0 Å². The Bertz CT molecular complexity index is 1680. The van der Waals surface area contributed by atoms with Crippen molar-refractivity contribution in [2.75, 3.05) is 51.8 Å². The summed E-state index contributed by atoms with van der Waals surface area (Å²) in [5.74, 6) is 2.26. The van der Waals surface area contributed by atoms with E-state index in [1.165, 1.54) is 50.4 Å². The van der Waals surface area contributed by atoms with Gasteiger partial charge in [-0.15, -0.1) is 0 Å². The van der Waals surface area contributed by atoms with Crippen LogP contribution in [-0.4, -0.2) is 88.7 Å². The third-order valence-corrected chi connectivity index (χ3v) is 18.1. The Balaban J connectivity index is 1.15. The first-order valence-corrected chi connectivity index (χ1v) is 21.9. The predicted octanol–water partition coefficient (Wildman–Crippen LogP) is 6.30. The quantitative estimate of drug-likeness (QED) is 0.282. The van der Waals surface area contributed by atoms with E-state index in [4.69, 9.17) is 4.74 Å². The third kappa shape index (κ3) is 5.96. The molecule has 0 spiro atoms. The average Bonchev–Trinajstić information content (AvgIpc) is 3.46. The summed E-state index contributed by atoms with van der Waals surface area (Å²) in [6.45, 7) is 15.8. The van der Waals surface area contributed by atoms with Gasteiger partial charge in [0.15, 0.2) is 9.84 Å². The molecule has 9 nitrogen and oxygen atoms in total. The van der Waals surface area contributed by atoms with Crippen LogP contribution in [0.4, 0.5) is 4.79 Å². The minimum Gasteiger partial charge on any atom is -0.465 e. The van der Waals surface area contributed by atoms with E-state index in [1.54, 1.807) is 7.05 Å². The van der Waals surface area contributed by atoms with Crippen LogP contribution >= 0.6 is 0 Å². The fourth-order valence-electron chi connectivity index (χ4n) is 13.7. The highest BCUT2D eigenvalue weighted by molar-refractivity contribution is 7.91. The second-order valence-corrected chi connectivity index (χ2v) is 21.1. The van der Waals surface area contributed by atoms with E-state index >= 15 is 0 Å². The van der Waals surface area contributed by atoms with Gasteiger partial charge in [0.25, 0.3) is 0 Å². The standard InChI is InChI=1S/C42H64N4O5S/c1-38(2)30(28-8-10-29(11-9-28)36(47)51-7)14-17-39(3)33(38)16-18-41(5)34(39)13-12-31-35-32(45-37(48)43-6)15-19-42(35,21-20-40(31,41)4)44-22-23-46-24-26-52(49,50)27-25-46/h8-11,14,31-35,44H,12-13,15-27H2,1-7H3,(H2,43,45,48). The highest BCUT2D eigenvalue weighted by Crippen LogP contribution is 2.76. The molecular formula is C42H64N4O5S. The molecule has 0 aromatic heterocycles. The van der Waals surface area contributed by atoms with Crippen molar-refractivity contribution < 1.29 is 22.7 Å². The van der Waals surface area contributed by atoms with Crippen molar-refractivity contribution in [3.8, 4) is 0 Å². The summed E-state index contributed by atoms with van der Waals surface area (Å²) in [4.78, 5) is 27.3. The fraction of sp³-hybridized carbons (Fsp3) is 0.762.